The molecule has 0 atom stereocenters. The zero-order chi connectivity index (χ0) is 15.4. The Kier molecular flexibility index (Phi) is 5.11. The average Bonchev–Trinajstić information content (AvgIpc) is 3.03. The molecule has 8 heteroatoms. The second kappa shape index (κ2) is 6.84. The first kappa shape index (κ1) is 15.7. The van der Waals surface area contributed by atoms with Gasteiger partial charge in [-0.15, -0.1) is 5.10 Å². The molecular formula is C13H18BrN5O2. The second-order valence-corrected chi connectivity index (χ2v) is 5.47. The van der Waals surface area contributed by atoms with E-state index in [0.29, 0.717) is 18.7 Å². The van der Waals surface area contributed by atoms with Crippen LogP contribution >= 0.6 is 15.9 Å². The molecule has 0 aliphatic heterocycles. The molecule has 0 aliphatic rings. The van der Waals surface area contributed by atoms with Crippen LogP contribution in [0.3, 0.4) is 0 Å². The smallest absolute Gasteiger partial charge is 0.303 e. The Bertz CT molecular complexity index is 635. The molecule has 7 nitrogen and oxygen atoms in total. The van der Waals surface area contributed by atoms with E-state index in [1.54, 1.807) is 10.9 Å². The van der Waals surface area contributed by atoms with E-state index >= 15 is 0 Å². The van der Waals surface area contributed by atoms with Gasteiger partial charge in [0.15, 0.2) is 0 Å². The third kappa shape index (κ3) is 3.69. The van der Waals surface area contributed by atoms with E-state index in [9.17, 15) is 4.79 Å². The van der Waals surface area contributed by atoms with Gasteiger partial charge in [0, 0.05) is 19.2 Å². The molecule has 0 fully saturated rings. The van der Waals surface area contributed by atoms with Gasteiger partial charge >= 0.3 is 5.97 Å². The lowest BCUT2D eigenvalue weighted by Gasteiger charge is -2.04. The number of carboxylic acids is 1. The van der Waals surface area contributed by atoms with Crippen molar-refractivity contribution in [3.8, 4) is 0 Å². The zero-order valence-electron chi connectivity index (χ0n) is 12.1. The molecule has 0 radical (unpaired) electrons. The molecule has 0 saturated carbocycles. The summed E-state index contributed by atoms with van der Waals surface area (Å²) in [5, 5.41) is 21.3. The van der Waals surface area contributed by atoms with Crippen LogP contribution in [0.4, 0.5) is 0 Å². The van der Waals surface area contributed by atoms with Gasteiger partial charge in [0.25, 0.3) is 0 Å². The van der Waals surface area contributed by atoms with Gasteiger partial charge in [-0.05, 0) is 29.3 Å². The number of carbonyl (C=O) groups is 1. The number of carboxylic acid groups (broad SMARTS) is 1. The first-order valence-electron chi connectivity index (χ1n) is 6.90. The van der Waals surface area contributed by atoms with Gasteiger partial charge in [-0.2, -0.15) is 5.10 Å². The largest absolute Gasteiger partial charge is 0.481 e. The van der Waals surface area contributed by atoms with Crippen molar-refractivity contribution in [1.82, 2.24) is 24.8 Å². The second-order valence-electron chi connectivity index (χ2n) is 4.68. The van der Waals surface area contributed by atoms with Gasteiger partial charge in [0.1, 0.15) is 0 Å². The molecule has 0 bridgehead atoms. The summed E-state index contributed by atoms with van der Waals surface area (Å²) < 4.78 is 4.67. The topological polar surface area (TPSA) is 85.8 Å². The SMILES string of the molecule is CCc1nn(CC)c(Cn2cc(CCC(=O)O)nn2)c1Br. The molecule has 21 heavy (non-hydrogen) atoms. The van der Waals surface area contributed by atoms with E-state index < -0.39 is 5.97 Å². The lowest BCUT2D eigenvalue weighted by molar-refractivity contribution is -0.136. The molecule has 2 aromatic heterocycles. The van der Waals surface area contributed by atoms with Crippen LogP contribution in [0.25, 0.3) is 0 Å². The Hall–Kier alpha value is -1.70. The predicted octanol–water partition coefficient (Wildman–Crippen LogP) is 1.88. The lowest BCUT2D eigenvalue weighted by atomic mass is 10.2. The molecule has 2 heterocycles. The van der Waals surface area contributed by atoms with E-state index in [-0.39, 0.29) is 6.42 Å². The van der Waals surface area contributed by atoms with E-state index in [0.717, 1.165) is 28.8 Å². The minimum Gasteiger partial charge on any atom is -0.481 e. The molecule has 0 saturated heterocycles. The number of aromatic nitrogens is 5. The summed E-state index contributed by atoms with van der Waals surface area (Å²) in [6.07, 6.45) is 3.11. The summed E-state index contributed by atoms with van der Waals surface area (Å²) in [5.74, 6) is -0.830. The zero-order valence-corrected chi connectivity index (χ0v) is 13.7. The highest BCUT2D eigenvalue weighted by Crippen LogP contribution is 2.23. The highest BCUT2D eigenvalue weighted by Gasteiger charge is 2.15. The van der Waals surface area contributed by atoms with Gasteiger partial charge in [0.2, 0.25) is 0 Å². The van der Waals surface area contributed by atoms with Crippen molar-refractivity contribution >= 4 is 21.9 Å². The highest BCUT2D eigenvalue weighted by atomic mass is 79.9. The quantitative estimate of drug-likeness (QED) is 0.819. The minimum atomic E-state index is -0.830. The van der Waals surface area contributed by atoms with Crippen molar-refractivity contribution in [2.45, 2.75) is 46.2 Å². The van der Waals surface area contributed by atoms with Gasteiger partial charge in [-0.3, -0.25) is 9.48 Å². The summed E-state index contributed by atoms with van der Waals surface area (Å²) in [5.41, 5.74) is 2.76. The van der Waals surface area contributed by atoms with Crippen LogP contribution in [0.2, 0.25) is 0 Å². The van der Waals surface area contributed by atoms with Crippen LogP contribution in [0.15, 0.2) is 10.7 Å². The fourth-order valence-electron chi connectivity index (χ4n) is 2.09. The molecule has 0 spiro atoms. The monoisotopic (exact) mass is 355 g/mol. The van der Waals surface area contributed by atoms with Crippen molar-refractivity contribution in [3.63, 3.8) is 0 Å². The van der Waals surface area contributed by atoms with Gasteiger partial charge in [-0.25, -0.2) is 4.68 Å². The van der Waals surface area contributed by atoms with Crippen LogP contribution in [0.1, 0.15) is 37.4 Å². The first-order chi connectivity index (χ1) is 10.0. The van der Waals surface area contributed by atoms with Crippen LogP contribution in [-0.2, 0) is 30.7 Å². The van der Waals surface area contributed by atoms with Gasteiger partial charge in [0.05, 0.1) is 34.5 Å². The Labute approximate surface area is 131 Å². The molecule has 0 amide bonds. The first-order valence-corrected chi connectivity index (χ1v) is 7.69. The summed E-state index contributed by atoms with van der Waals surface area (Å²) >= 11 is 3.59. The Morgan fingerprint density at radius 3 is 2.81 bits per heavy atom. The molecule has 114 valence electrons. The number of nitrogens with zero attached hydrogens (tertiary/aromatic N) is 5. The minimum absolute atomic E-state index is 0.0647. The Morgan fingerprint density at radius 2 is 2.19 bits per heavy atom. The van der Waals surface area contributed by atoms with E-state index in [1.165, 1.54) is 0 Å². The molecular weight excluding hydrogens is 338 g/mol. The number of hydrogen-bond acceptors (Lipinski definition) is 4. The summed E-state index contributed by atoms with van der Waals surface area (Å²) in [6.45, 7) is 5.45. The fraction of sp³-hybridized carbons (Fsp3) is 0.538. The van der Waals surface area contributed by atoms with Crippen LogP contribution in [0.5, 0.6) is 0 Å². The Morgan fingerprint density at radius 1 is 1.43 bits per heavy atom. The molecule has 0 unspecified atom stereocenters. The van der Waals surface area contributed by atoms with Crippen molar-refractivity contribution in [2.75, 3.05) is 0 Å². The molecule has 0 aromatic carbocycles. The fourth-order valence-corrected chi connectivity index (χ4v) is 2.78. The maximum Gasteiger partial charge on any atom is 0.303 e. The molecule has 2 aromatic rings. The summed E-state index contributed by atoms with van der Waals surface area (Å²) in [4.78, 5) is 10.6. The van der Waals surface area contributed by atoms with Crippen molar-refractivity contribution in [2.24, 2.45) is 0 Å². The van der Waals surface area contributed by atoms with Crippen molar-refractivity contribution in [3.05, 3.63) is 27.8 Å². The third-order valence-corrected chi connectivity index (χ3v) is 4.10. The highest BCUT2D eigenvalue weighted by molar-refractivity contribution is 9.10. The van der Waals surface area contributed by atoms with Crippen LogP contribution in [-0.4, -0.2) is 35.9 Å². The number of hydrogen-bond donors (Lipinski definition) is 1. The van der Waals surface area contributed by atoms with Crippen molar-refractivity contribution in [1.29, 1.82) is 0 Å². The van der Waals surface area contributed by atoms with E-state index in [4.69, 9.17) is 5.11 Å². The van der Waals surface area contributed by atoms with Gasteiger partial charge < -0.3 is 5.11 Å². The maximum absolute atomic E-state index is 10.6. The molecule has 0 aliphatic carbocycles. The number of rotatable bonds is 7. The molecule has 2 rings (SSSR count). The van der Waals surface area contributed by atoms with Crippen LogP contribution in [0, 0.1) is 0 Å². The lowest BCUT2D eigenvalue weighted by Crippen LogP contribution is -2.09. The third-order valence-electron chi connectivity index (χ3n) is 3.19. The number of halogens is 1. The standard InChI is InChI=1S/C13H18BrN5O2/c1-3-10-13(14)11(19(4-2)16-10)8-18-7-9(15-17-18)5-6-12(20)21/h7H,3-6,8H2,1-2H3,(H,20,21). The Balaban J connectivity index is 2.15. The average molecular weight is 356 g/mol. The van der Waals surface area contributed by atoms with Crippen LogP contribution < -0.4 is 0 Å². The number of aliphatic carboxylic acids is 1. The van der Waals surface area contributed by atoms with E-state index in [1.807, 2.05) is 11.6 Å². The molecule has 1 N–H and O–H groups in total. The summed E-state index contributed by atoms with van der Waals surface area (Å²) in [6, 6.07) is 0. The van der Waals surface area contributed by atoms with E-state index in [2.05, 4.69) is 38.3 Å². The maximum atomic E-state index is 10.6. The number of aryl methyl sites for hydroxylation is 3. The van der Waals surface area contributed by atoms with Crippen molar-refractivity contribution < 1.29 is 9.90 Å². The summed E-state index contributed by atoms with van der Waals surface area (Å²) in [7, 11) is 0. The van der Waals surface area contributed by atoms with Gasteiger partial charge in [-0.1, -0.05) is 12.1 Å². The normalized spacial score (nSPS) is 11.0. The predicted molar refractivity (Wildman–Crippen MR) is 80.1 cm³/mol.